The maximum atomic E-state index is 12.6. The minimum absolute atomic E-state index is 0.194. The second-order valence-electron chi connectivity index (χ2n) is 7.06. The number of amides is 4. The predicted molar refractivity (Wildman–Crippen MR) is 103 cm³/mol. The van der Waals surface area contributed by atoms with E-state index in [2.05, 4.69) is 27.8 Å². The third-order valence-electron chi connectivity index (χ3n) is 3.79. The highest BCUT2D eigenvalue weighted by Crippen LogP contribution is 2.06. The number of hydrogen-bond donors (Lipinski definition) is 7. The van der Waals surface area contributed by atoms with Crippen molar-refractivity contribution in [3.63, 3.8) is 0 Å². The van der Waals surface area contributed by atoms with E-state index in [9.17, 15) is 24.3 Å². The molecule has 0 radical (unpaired) electrons. The van der Waals surface area contributed by atoms with E-state index in [1.54, 1.807) is 0 Å². The number of aliphatic hydroxyl groups is 1. The monoisotopic (exact) mass is 400 g/mol. The molecule has 3 atom stereocenters. The van der Waals surface area contributed by atoms with E-state index in [4.69, 9.17) is 11.5 Å². The van der Waals surface area contributed by atoms with Gasteiger partial charge in [0.05, 0.1) is 11.9 Å². The maximum Gasteiger partial charge on any atom is 0.245 e. The van der Waals surface area contributed by atoms with Crippen LogP contribution < -0.4 is 32.7 Å². The number of carbonyl (C=O) groups is 4. The van der Waals surface area contributed by atoms with Crippen molar-refractivity contribution in [2.45, 2.75) is 64.3 Å². The molecule has 0 bridgehead atoms. The van der Waals surface area contributed by atoms with Gasteiger partial charge in [0, 0.05) is 13.5 Å². The molecule has 28 heavy (non-hydrogen) atoms. The molecule has 0 heterocycles. The first-order valence-corrected chi connectivity index (χ1v) is 8.83. The molecule has 0 fully saturated rings. The third-order valence-corrected chi connectivity index (χ3v) is 3.79. The molecule has 0 aromatic rings. The summed E-state index contributed by atoms with van der Waals surface area (Å²) in [6.45, 7) is 9.44. The van der Waals surface area contributed by atoms with Gasteiger partial charge in [0.1, 0.15) is 17.6 Å². The number of nitrogens with two attached hydrogens (primary N) is 2. The largest absolute Gasteiger partial charge is 0.391 e. The summed E-state index contributed by atoms with van der Waals surface area (Å²) in [5.41, 5.74) is 9.33. The molecule has 0 spiro atoms. The van der Waals surface area contributed by atoms with Crippen LogP contribution in [0.25, 0.3) is 0 Å². The normalized spacial score (nSPS) is 14.2. The fraction of sp³-hybridized carbons (Fsp3) is 0.647. The molecule has 11 heteroatoms. The molecule has 0 aliphatic rings. The van der Waals surface area contributed by atoms with Crippen LogP contribution in [-0.2, 0) is 19.2 Å². The lowest BCUT2D eigenvalue weighted by atomic mass is 10.0. The summed E-state index contributed by atoms with van der Waals surface area (Å²) in [7, 11) is 0. The van der Waals surface area contributed by atoms with Crippen molar-refractivity contribution < 1.29 is 24.3 Å². The molecule has 11 nitrogen and oxygen atoms in total. The lowest BCUT2D eigenvalue weighted by Crippen LogP contribution is -2.60. The van der Waals surface area contributed by atoms with Crippen molar-refractivity contribution in [1.82, 2.24) is 21.3 Å². The third kappa shape index (κ3) is 9.21. The summed E-state index contributed by atoms with van der Waals surface area (Å²) in [6.07, 6.45) is -0.583. The number of rotatable bonds is 12. The molecular weight excluding hydrogens is 368 g/mol. The zero-order valence-electron chi connectivity index (χ0n) is 16.8. The van der Waals surface area contributed by atoms with E-state index in [0.717, 1.165) is 0 Å². The molecule has 160 valence electrons. The van der Waals surface area contributed by atoms with E-state index < -0.39 is 47.4 Å². The van der Waals surface area contributed by atoms with Gasteiger partial charge < -0.3 is 37.8 Å². The number of hydrogen-bond acceptors (Lipinski definition) is 7. The van der Waals surface area contributed by atoms with Crippen molar-refractivity contribution in [2.24, 2.45) is 11.5 Å². The fourth-order valence-corrected chi connectivity index (χ4v) is 2.34. The van der Waals surface area contributed by atoms with Gasteiger partial charge in [-0.15, -0.1) is 0 Å². The molecule has 0 aromatic carbocycles. The van der Waals surface area contributed by atoms with Crippen LogP contribution in [0.1, 0.15) is 40.5 Å². The Labute approximate surface area is 164 Å². The van der Waals surface area contributed by atoms with E-state index in [0.29, 0.717) is 13.0 Å². The highest BCUT2D eigenvalue weighted by Gasteiger charge is 2.33. The Kier molecular flexibility index (Phi) is 10.0. The van der Waals surface area contributed by atoms with Gasteiger partial charge in [-0.2, -0.15) is 0 Å². The molecule has 9 N–H and O–H groups in total. The van der Waals surface area contributed by atoms with E-state index >= 15 is 0 Å². The summed E-state index contributed by atoms with van der Waals surface area (Å²) >= 11 is 0. The zero-order chi connectivity index (χ0) is 22.1. The van der Waals surface area contributed by atoms with Crippen LogP contribution in [0.3, 0.4) is 0 Å². The Bertz CT molecular complexity index is 605. The molecule has 0 unspecified atom stereocenters. The summed E-state index contributed by atoms with van der Waals surface area (Å²) < 4.78 is 0. The molecule has 0 saturated carbocycles. The van der Waals surface area contributed by atoms with Gasteiger partial charge in [0.15, 0.2) is 0 Å². The molecule has 0 aliphatic heterocycles. The summed E-state index contributed by atoms with van der Waals surface area (Å²) in [6, 6.07) is -2.34. The number of nitrogens with one attached hydrogen (secondary N) is 4. The molecule has 4 amide bonds. The SMILES string of the molecule is C=C(N)NCCC[C@H](NC(=O)C(C)(C)NC(C)=O)C(=O)N[C@H](C(N)=O)[C@@H](C)O. The van der Waals surface area contributed by atoms with Gasteiger partial charge in [-0.25, -0.2) is 0 Å². The Morgan fingerprint density at radius 2 is 1.71 bits per heavy atom. The van der Waals surface area contributed by atoms with Gasteiger partial charge in [-0.05, 0) is 33.6 Å². The van der Waals surface area contributed by atoms with Crippen molar-refractivity contribution in [3.05, 3.63) is 12.4 Å². The molecule has 0 saturated heterocycles. The number of primary amides is 1. The quantitative estimate of drug-likeness (QED) is 0.177. The zero-order valence-corrected chi connectivity index (χ0v) is 16.8. The first-order chi connectivity index (χ1) is 12.8. The van der Waals surface area contributed by atoms with E-state index in [1.165, 1.54) is 27.7 Å². The topological polar surface area (TPSA) is 189 Å². The van der Waals surface area contributed by atoms with Gasteiger partial charge in [-0.1, -0.05) is 6.58 Å². The summed E-state index contributed by atoms with van der Waals surface area (Å²) in [5, 5.41) is 19.8. The van der Waals surface area contributed by atoms with Gasteiger partial charge in [0.25, 0.3) is 0 Å². The van der Waals surface area contributed by atoms with Crippen molar-refractivity contribution in [3.8, 4) is 0 Å². The molecule has 0 aromatic heterocycles. The molecular formula is C17H32N6O5. The fourth-order valence-electron chi connectivity index (χ4n) is 2.34. The Morgan fingerprint density at radius 3 is 2.14 bits per heavy atom. The Morgan fingerprint density at radius 1 is 1.14 bits per heavy atom. The first-order valence-electron chi connectivity index (χ1n) is 8.83. The number of carbonyl (C=O) groups excluding carboxylic acids is 4. The highest BCUT2D eigenvalue weighted by atomic mass is 16.3. The predicted octanol–water partition coefficient (Wildman–Crippen LogP) is -2.46. The summed E-state index contributed by atoms with van der Waals surface area (Å²) in [4.78, 5) is 47.8. The van der Waals surface area contributed by atoms with E-state index in [-0.39, 0.29) is 12.2 Å². The smallest absolute Gasteiger partial charge is 0.245 e. The maximum absolute atomic E-state index is 12.6. The van der Waals surface area contributed by atoms with Crippen molar-refractivity contribution >= 4 is 23.6 Å². The Balaban J connectivity index is 5.24. The summed E-state index contributed by atoms with van der Waals surface area (Å²) in [5.74, 6) is -2.34. The van der Waals surface area contributed by atoms with Gasteiger partial charge in [-0.3, -0.25) is 19.2 Å². The van der Waals surface area contributed by atoms with Crippen LogP contribution in [0.4, 0.5) is 0 Å². The average molecular weight is 400 g/mol. The highest BCUT2D eigenvalue weighted by molar-refractivity contribution is 5.95. The molecule has 0 aliphatic carbocycles. The lowest BCUT2D eigenvalue weighted by Gasteiger charge is -2.28. The van der Waals surface area contributed by atoms with Crippen LogP contribution in [0.15, 0.2) is 12.4 Å². The van der Waals surface area contributed by atoms with Crippen LogP contribution >= 0.6 is 0 Å². The van der Waals surface area contributed by atoms with E-state index in [1.807, 2.05) is 0 Å². The second-order valence-corrected chi connectivity index (χ2v) is 7.06. The second kappa shape index (κ2) is 11.1. The van der Waals surface area contributed by atoms with Crippen LogP contribution in [-0.4, -0.2) is 59.0 Å². The number of aliphatic hydroxyl groups excluding tert-OH is 1. The first kappa shape index (κ1) is 25.2. The minimum Gasteiger partial charge on any atom is -0.391 e. The van der Waals surface area contributed by atoms with Crippen molar-refractivity contribution in [1.29, 1.82) is 0 Å². The van der Waals surface area contributed by atoms with Crippen LogP contribution in [0, 0.1) is 0 Å². The lowest BCUT2D eigenvalue weighted by molar-refractivity contribution is -0.136. The standard InChI is InChI=1S/C17H32N6O5/c1-9(24)13(14(19)26)22-15(27)12(7-6-8-20-10(2)18)21-16(28)17(4,5)23-11(3)25/h9,12-13,20,24H,2,6-8,18H2,1,3-5H3,(H2,19,26)(H,21,28)(H,22,27)(H,23,25)/t9-,12+,13+/m1/s1. The van der Waals surface area contributed by atoms with Crippen LogP contribution in [0.2, 0.25) is 0 Å². The minimum atomic E-state index is -1.31. The van der Waals surface area contributed by atoms with Crippen molar-refractivity contribution in [2.75, 3.05) is 6.54 Å². The molecule has 0 rings (SSSR count). The Hall–Kier alpha value is -2.82. The van der Waals surface area contributed by atoms with Gasteiger partial charge in [0.2, 0.25) is 23.6 Å². The average Bonchev–Trinajstić information content (AvgIpc) is 2.52. The van der Waals surface area contributed by atoms with Crippen LogP contribution in [0.5, 0.6) is 0 Å². The van der Waals surface area contributed by atoms with Gasteiger partial charge >= 0.3 is 0 Å².